The van der Waals surface area contributed by atoms with E-state index in [1.54, 1.807) is 12.1 Å². The maximum atomic E-state index is 13.3. The predicted molar refractivity (Wildman–Crippen MR) is 115 cm³/mol. The number of fused-ring (bicyclic) bond motifs is 1. The number of hydrogen-bond donors (Lipinski definition) is 2. The molecule has 5 rings (SSSR count). The van der Waals surface area contributed by atoms with Crippen LogP contribution >= 0.6 is 0 Å². The molecule has 9 nitrogen and oxygen atoms in total. The van der Waals surface area contributed by atoms with Gasteiger partial charge in [0.25, 0.3) is 11.8 Å². The average molecular weight is 428 g/mol. The fourth-order valence-electron chi connectivity index (χ4n) is 5.44. The van der Waals surface area contributed by atoms with E-state index in [-0.39, 0.29) is 25.6 Å². The first kappa shape index (κ1) is 20.1. The third kappa shape index (κ3) is 3.23. The van der Waals surface area contributed by atoms with E-state index in [0.29, 0.717) is 17.7 Å². The van der Waals surface area contributed by atoms with E-state index in [4.69, 9.17) is 5.73 Å². The Labute approximate surface area is 182 Å². The van der Waals surface area contributed by atoms with Crippen LogP contribution in [0, 0.1) is 5.41 Å². The summed E-state index contributed by atoms with van der Waals surface area (Å²) in [5.41, 5.74) is 7.41. The highest BCUT2D eigenvalue weighted by atomic mass is 16.2. The van der Waals surface area contributed by atoms with Gasteiger partial charge in [0.05, 0.1) is 16.8 Å². The van der Waals surface area contributed by atoms with E-state index in [1.807, 2.05) is 6.07 Å². The Morgan fingerprint density at radius 1 is 1.10 bits per heavy atom. The Balaban J connectivity index is 0.00000245. The molecular formula is C22H29N5O4. The fraction of sp³-hybridized carbons (Fsp3) is 0.545. The molecule has 4 aliphatic heterocycles. The molecule has 1 spiro atoms. The van der Waals surface area contributed by atoms with Crippen LogP contribution in [0.3, 0.4) is 0 Å². The third-order valence-corrected chi connectivity index (χ3v) is 7.20. The molecule has 1 atom stereocenters. The molecule has 3 N–H and O–H groups in total. The molecule has 4 heterocycles. The Kier molecular flexibility index (Phi) is 4.82. The molecular weight excluding hydrogens is 398 g/mol. The maximum absolute atomic E-state index is 13.3. The Morgan fingerprint density at radius 3 is 2.52 bits per heavy atom. The standard InChI is InChI=1S/C22H27N5O4.H2/c23-8-11-25-9-6-22(7-10-25)12-26(13-22)15-3-1-2-14-18(15)21(31)27(20(14)30)16-4-5-17(28)24-19(16)29;/h1-3,16H,4-13,23H2,(H,24,28,29);1H. The molecule has 31 heavy (non-hydrogen) atoms. The summed E-state index contributed by atoms with van der Waals surface area (Å²) in [7, 11) is 0. The van der Waals surface area contributed by atoms with Crippen molar-refractivity contribution in [2.45, 2.75) is 31.7 Å². The monoisotopic (exact) mass is 427 g/mol. The molecule has 3 fully saturated rings. The molecule has 1 aromatic carbocycles. The van der Waals surface area contributed by atoms with Crippen molar-refractivity contribution in [3.05, 3.63) is 29.3 Å². The minimum Gasteiger partial charge on any atom is -0.370 e. The van der Waals surface area contributed by atoms with Crippen molar-refractivity contribution in [2.75, 3.05) is 44.2 Å². The van der Waals surface area contributed by atoms with Crippen molar-refractivity contribution in [1.29, 1.82) is 0 Å². The van der Waals surface area contributed by atoms with Crippen molar-refractivity contribution in [2.24, 2.45) is 11.1 Å². The van der Waals surface area contributed by atoms with E-state index in [2.05, 4.69) is 15.1 Å². The summed E-state index contributed by atoms with van der Waals surface area (Å²) < 4.78 is 0. The molecule has 1 aromatic rings. The summed E-state index contributed by atoms with van der Waals surface area (Å²) in [4.78, 5) is 55.7. The number of amides is 4. The first-order valence-corrected chi connectivity index (χ1v) is 10.9. The van der Waals surface area contributed by atoms with Crippen LogP contribution in [0.2, 0.25) is 0 Å². The van der Waals surface area contributed by atoms with Crippen molar-refractivity contribution in [3.63, 3.8) is 0 Å². The molecule has 0 aliphatic carbocycles. The van der Waals surface area contributed by atoms with Gasteiger partial charge in [-0.3, -0.25) is 29.4 Å². The molecule has 1 unspecified atom stereocenters. The van der Waals surface area contributed by atoms with Gasteiger partial charge < -0.3 is 15.5 Å². The van der Waals surface area contributed by atoms with Crippen molar-refractivity contribution in [1.82, 2.24) is 15.1 Å². The number of rotatable bonds is 4. The second-order valence-electron chi connectivity index (χ2n) is 9.13. The number of carbonyl (C=O) groups is 4. The van der Waals surface area contributed by atoms with Crippen molar-refractivity contribution >= 4 is 29.3 Å². The van der Waals surface area contributed by atoms with E-state index in [1.165, 1.54) is 0 Å². The van der Waals surface area contributed by atoms with E-state index >= 15 is 0 Å². The topological polar surface area (TPSA) is 116 Å². The third-order valence-electron chi connectivity index (χ3n) is 7.20. The van der Waals surface area contributed by atoms with E-state index < -0.39 is 23.8 Å². The van der Waals surface area contributed by atoms with Crippen LogP contribution in [0.1, 0.15) is 47.8 Å². The van der Waals surface area contributed by atoms with Gasteiger partial charge in [-0.2, -0.15) is 0 Å². The molecule has 0 radical (unpaired) electrons. The van der Waals surface area contributed by atoms with Gasteiger partial charge in [-0.1, -0.05) is 6.07 Å². The van der Waals surface area contributed by atoms with Gasteiger partial charge in [0.2, 0.25) is 11.8 Å². The zero-order chi connectivity index (χ0) is 21.8. The Bertz CT molecular complexity index is 967. The molecule has 0 aromatic heterocycles. The van der Waals surface area contributed by atoms with Crippen LogP contribution in [0.4, 0.5) is 5.69 Å². The summed E-state index contributed by atoms with van der Waals surface area (Å²) >= 11 is 0. The van der Waals surface area contributed by atoms with Crippen molar-refractivity contribution < 1.29 is 20.6 Å². The van der Waals surface area contributed by atoms with Crippen LogP contribution in [-0.4, -0.2) is 78.7 Å². The lowest BCUT2D eigenvalue weighted by Gasteiger charge is -2.55. The number of imide groups is 2. The van der Waals surface area contributed by atoms with Gasteiger partial charge in [0, 0.05) is 39.4 Å². The number of hydrogen-bond acceptors (Lipinski definition) is 7. The molecule has 9 heteroatoms. The van der Waals surface area contributed by atoms with E-state index in [9.17, 15) is 19.2 Å². The van der Waals surface area contributed by atoms with E-state index in [0.717, 1.165) is 56.2 Å². The van der Waals surface area contributed by atoms with Crippen LogP contribution in [-0.2, 0) is 9.59 Å². The normalized spacial score (nSPS) is 25.6. The number of carbonyl (C=O) groups excluding carboxylic acids is 4. The van der Waals surface area contributed by atoms with Crippen LogP contribution in [0.25, 0.3) is 0 Å². The summed E-state index contributed by atoms with van der Waals surface area (Å²) in [6, 6.07) is 4.38. The van der Waals surface area contributed by atoms with Crippen LogP contribution < -0.4 is 16.0 Å². The van der Waals surface area contributed by atoms with Crippen LogP contribution in [0.15, 0.2) is 18.2 Å². The Hall–Kier alpha value is -2.78. The molecule has 3 saturated heterocycles. The summed E-state index contributed by atoms with van der Waals surface area (Å²) in [6.07, 6.45) is 2.49. The Morgan fingerprint density at radius 2 is 1.84 bits per heavy atom. The minimum absolute atomic E-state index is 0. The van der Waals surface area contributed by atoms with Gasteiger partial charge in [-0.15, -0.1) is 0 Å². The second kappa shape index (κ2) is 7.42. The lowest BCUT2D eigenvalue weighted by Crippen LogP contribution is -2.61. The summed E-state index contributed by atoms with van der Waals surface area (Å²) in [5, 5.41) is 2.24. The largest absolute Gasteiger partial charge is 0.370 e. The predicted octanol–water partition coefficient (Wildman–Crippen LogP) is 0.195. The quantitative estimate of drug-likeness (QED) is 0.659. The summed E-state index contributed by atoms with van der Waals surface area (Å²) in [6.45, 7) is 5.41. The van der Waals surface area contributed by atoms with Gasteiger partial charge in [-0.05, 0) is 44.5 Å². The SMILES string of the molecule is NCCN1CCC2(CC1)CN(c1cccc3c1C(=O)N(C1CCC(=O)NC1=O)C3=O)C2.[HH]. The fourth-order valence-corrected chi connectivity index (χ4v) is 5.44. The number of likely N-dealkylation sites (tertiary alicyclic amines) is 1. The molecule has 166 valence electrons. The zero-order valence-corrected chi connectivity index (χ0v) is 17.4. The molecule has 0 bridgehead atoms. The minimum atomic E-state index is -0.937. The smallest absolute Gasteiger partial charge is 0.264 e. The zero-order valence-electron chi connectivity index (χ0n) is 17.4. The molecule has 4 aliphatic rings. The number of nitrogens with two attached hydrogens (primary N) is 1. The van der Waals surface area contributed by atoms with Gasteiger partial charge in [-0.25, -0.2) is 0 Å². The van der Waals surface area contributed by atoms with Gasteiger partial charge in [0.1, 0.15) is 6.04 Å². The average Bonchev–Trinajstić information content (AvgIpc) is 2.98. The van der Waals surface area contributed by atoms with Gasteiger partial charge >= 0.3 is 0 Å². The molecule has 0 saturated carbocycles. The number of benzene rings is 1. The van der Waals surface area contributed by atoms with Crippen molar-refractivity contribution in [3.8, 4) is 0 Å². The number of nitrogens with zero attached hydrogens (tertiary/aromatic N) is 3. The lowest BCUT2D eigenvalue weighted by molar-refractivity contribution is -0.136. The highest BCUT2D eigenvalue weighted by molar-refractivity contribution is 6.25. The van der Waals surface area contributed by atoms with Crippen LogP contribution in [0.5, 0.6) is 0 Å². The molecule has 4 amide bonds. The van der Waals surface area contributed by atoms with Gasteiger partial charge in [0.15, 0.2) is 0 Å². The lowest BCUT2D eigenvalue weighted by atomic mass is 9.71. The highest BCUT2D eigenvalue weighted by Crippen LogP contribution is 2.45. The first-order valence-electron chi connectivity index (χ1n) is 10.9. The number of piperidine rings is 2. The number of anilines is 1. The summed E-state index contributed by atoms with van der Waals surface area (Å²) in [5.74, 6) is -1.85. The number of nitrogens with one attached hydrogen (secondary N) is 1. The maximum Gasteiger partial charge on any atom is 0.264 e. The second-order valence-corrected chi connectivity index (χ2v) is 9.13. The first-order chi connectivity index (χ1) is 14.9. The highest BCUT2D eigenvalue weighted by Gasteiger charge is 2.49.